The fourth-order valence-corrected chi connectivity index (χ4v) is 3.32. The van der Waals surface area contributed by atoms with E-state index in [4.69, 9.17) is 5.73 Å². The van der Waals surface area contributed by atoms with Crippen molar-refractivity contribution >= 4 is 29.3 Å². The Balaban J connectivity index is 1.47. The lowest BCUT2D eigenvalue weighted by molar-refractivity contribution is 0.0792. The van der Waals surface area contributed by atoms with Crippen molar-refractivity contribution in [2.75, 3.05) is 23.7 Å². The van der Waals surface area contributed by atoms with Gasteiger partial charge in [0.15, 0.2) is 11.5 Å². The normalized spacial score (nSPS) is 16.5. The van der Waals surface area contributed by atoms with Crippen LogP contribution in [-0.2, 0) is 0 Å². The topological polar surface area (TPSA) is 126 Å². The standard InChI is InChI=1S/C19H23N7O2/c20-16(27)15-17(21-13-4-3-5-13)23-19(25-24-15)22-14-8-6-12(7-9-14)18(28)26-10-1-2-11-26/h6-9,13H,1-5,10-11H2,(H2,20,27)(H2,21,22,23,25). The fraction of sp³-hybridized carbons (Fsp3) is 0.421. The van der Waals surface area contributed by atoms with Crippen molar-refractivity contribution in [1.29, 1.82) is 0 Å². The third-order valence-corrected chi connectivity index (χ3v) is 5.15. The van der Waals surface area contributed by atoms with E-state index in [9.17, 15) is 9.59 Å². The van der Waals surface area contributed by atoms with Crippen LogP contribution in [0.15, 0.2) is 24.3 Å². The van der Waals surface area contributed by atoms with Gasteiger partial charge in [0, 0.05) is 30.4 Å². The Kier molecular flexibility index (Phi) is 5.05. The third-order valence-electron chi connectivity index (χ3n) is 5.15. The maximum absolute atomic E-state index is 12.4. The van der Waals surface area contributed by atoms with Gasteiger partial charge in [0.2, 0.25) is 5.95 Å². The van der Waals surface area contributed by atoms with E-state index in [1.807, 2.05) is 4.90 Å². The van der Waals surface area contributed by atoms with Crippen LogP contribution in [0.4, 0.5) is 17.5 Å². The van der Waals surface area contributed by atoms with Gasteiger partial charge in [-0.05, 0) is 56.4 Å². The molecule has 2 heterocycles. The fourth-order valence-electron chi connectivity index (χ4n) is 3.32. The number of rotatable bonds is 6. The second-order valence-corrected chi connectivity index (χ2v) is 7.17. The molecule has 1 saturated heterocycles. The van der Waals surface area contributed by atoms with Crippen LogP contribution in [0, 0.1) is 0 Å². The SMILES string of the molecule is NC(=O)c1nnc(Nc2ccc(C(=O)N3CCCC3)cc2)nc1NC1CCC1. The quantitative estimate of drug-likeness (QED) is 0.698. The van der Waals surface area contributed by atoms with E-state index in [0.29, 0.717) is 11.4 Å². The average Bonchev–Trinajstić information content (AvgIpc) is 3.19. The lowest BCUT2D eigenvalue weighted by Crippen LogP contribution is -2.30. The summed E-state index contributed by atoms with van der Waals surface area (Å²) in [7, 11) is 0. The van der Waals surface area contributed by atoms with Crippen molar-refractivity contribution in [2.45, 2.75) is 38.1 Å². The first-order valence-electron chi connectivity index (χ1n) is 9.57. The highest BCUT2D eigenvalue weighted by molar-refractivity contribution is 5.96. The summed E-state index contributed by atoms with van der Waals surface area (Å²) < 4.78 is 0. The maximum atomic E-state index is 12.4. The summed E-state index contributed by atoms with van der Waals surface area (Å²) in [5.74, 6) is -0.0149. The van der Waals surface area contributed by atoms with Gasteiger partial charge in [-0.25, -0.2) is 0 Å². The molecule has 146 valence electrons. The first-order chi connectivity index (χ1) is 13.6. The molecule has 0 radical (unpaired) electrons. The number of aromatic nitrogens is 3. The number of amides is 2. The van der Waals surface area contributed by atoms with Crippen LogP contribution >= 0.6 is 0 Å². The van der Waals surface area contributed by atoms with Gasteiger partial charge in [0.05, 0.1) is 0 Å². The molecule has 0 unspecified atom stereocenters. The number of nitrogens with zero attached hydrogens (tertiary/aromatic N) is 4. The highest BCUT2D eigenvalue weighted by Gasteiger charge is 2.22. The Morgan fingerprint density at radius 1 is 1.04 bits per heavy atom. The molecule has 4 N–H and O–H groups in total. The monoisotopic (exact) mass is 381 g/mol. The first kappa shape index (κ1) is 18.1. The molecule has 2 aliphatic rings. The zero-order valence-electron chi connectivity index (χ0n) is 15.5. The van der Waals surface area contributed by atoms with Crippen LogP contribution < -0.4 is 16.4 Å². The highest BCUT2D eigenvalue weighted by atomic mass is 16.2. The minimum Gasteiger partial charge on any atom is -0.365 e. The van der Waals surface area contributed by atoms with Gasteiger partial charge >= 0.3 is 0 Å². The number of anilines is 3. The van der Waals surface area contributed by atoms with E-state index in [2.05, 4.69) is 25.8 Å². The summed E-state index contributed by atoms with van der Waals surface area (Å²) in [6, 6.07) is 7.43. The molecule has 4 rings (SSSR count). The number of nitrogens with one attached hydrogen (secondary N) is 2. The largest absolute Gasteiger partial charge is 0.365 e. The molecule has 1 aromatic carbocycles. The molecule has 0 atom stereocenters. The van der Waals surface area contributed by atoms with Gasteiger partial charge in [0.25, 0.3) is 11.8 Å². The van der Waals surface area contributed by atoms with Gasteiger partial charge in [-0.2, -0.15) is 4.98 Å². The van der Waals surface area contributed by atoms with Gasteiger partial charge < -0.3 is 21.3 Å². The zero-order valence-corrected chi connectivity index (χ0v) is 15.5. The highest BCUT2D eigenvalue weighted by Crippen LogP contribution is 2.24. The number of benzene rings is 1. The Morgan fingerprint density at radius 2 is 1.75 bits per heavy atom. The molecule has 1 aliphatic heterocycles. The minimum atomic E-state index is -0.668. The van der Waals surface area contributed by atoms with Crippen LogP contribution in [0.1, 0.15) is 53.0 Å². The molecule has 9 heteroatoms. The maximum Gasteiger partial charge on any atom is 0.273 e. The summed E-state index contributed by atoms with van der Waals surface area (Å²) in [5, 5.41) is 14.1. The Hall–Kier alpha value is -3.23. The van der Waals surface area contributed by atoms with E-state index in [1.165, 1.54) is 0 Å². The molecule has 2 aromatic rings. The van der Waals surface area contributed by atoms with Gasteiger partial charge in [0.1, 0.15) is 0 Å². The smallest absolute Gasteiger partial charge is 0.273 e. The molecular formula is C19H23N7O2. The summed E-state index contributed by atoms with van der Waals surface area (Å²) >= 11 is 0. The van der Waals surface area contributed by atoms with Crippen LogP contribution in [0.3, 0.4) is 0 Å². The molecule has 1 saturated carbocycles. The van der Waals surface area contributed by atoms with Crippen molar-refractivity contribution in [3.8, 4) is 0 Å². The summed E-state index contributed by atoms with van der Waals surface area (Å²) in [4.78, 5) is 30.2. The zero-order chi connectivity index (χ0) is 19.5. The van der Waals surface area contributed by atoms with Gasteiger partial charge in [-0.3, -0.25) is 9.59 Å². The molecule has 28 heavy (non-hydrogen) atoms. The molecule has 2 amide bonds. The van der Waals surface area contributed by atoms with Crippen molar-refractivity contribution in [1.82, 2.24) is 20.1 Å². The van der Waals surface area contributed by atoms with Gasteiger partial charge in [-0.15, -0.1) is 10.2 Å². The van der Waals surface area contributed by atoms with Crippen LogP contribution in [0.5, 0.6) is 0 Å². The Labute approximate surface area is 162 Å². The summed E-state index contributed by atoms with van der Waals surface area (Å²) in [6.07, 6.45) is 5.33. The molecular weight excluding hydrogens is 358 g/mol. The van der Waals surface area contributed by atoms with E-state index in [-0.39, 0.29) is 23.6 Å². The second kappa shape index (κ2) is 7.79. The molecule has 2 fully saturated rings. The molecule has 0 spiro atoms. The summed E-state index contributed by atoms with van der Waals surface area (Å²) in [5.41, 5.74) is 6.78. The Morgan fingerprint density at radius 3 is 2.36 bits per heavy atom. The lowest BCUT2D eigenvalue weighted by atomic mass is 9.93. The number of carbonyl (C=O) groups is 2. The van der Waals surface area contributed by atoms with Crippen molar-refractivity contribution < 1.29 is 9.59 Å². The molecule has 9 nitrogen and oxygen atoms in total. The molecule has 0 bridgehead atoms. The van der Waals surface area contributed by atoms with Crippen molar-refractivity contribution in [3.63, 3.8) is 0 Å². The number of nitrogens with two attached hydrogens (primary N) is 1. The lowest BCUT2D eigenvalue weighted by Gasteiger charge is -2.27. The minimum absolute atomic E-state index is 0.0315. The van der Waals surface area contributed by atoms with E-state index in [1.54, 1.807) is 24.3 Å². The van der Waals surface area contributed by atoms with Crippen LogP contribution in [0.2, 0.25) is 0 Å². The van der Waals surface area contributed by atoms with E-state index in [0.717, 1.165) is 50.9 Å². The van der Waals surface area contributed by atoms with Crippen molar-refractivity contribution in [2.24, 2.45) is 5.73 Å². The van der Waals surface area contributed by atoms with E-state index < -0.39 is 5.91 Å². The average molecular weight is 381 g/mol. The predicted octanol–water partition coefficient (Wildman–Crippen LogP) is 1.91. The molecule has 1 aliphatic carbocycles. The number of primary amides is 1. The number of carbonyl (C=O) groups excluding carboxylic acids is 2. The summed E-state index contributed by atoms with van der Waals surface area (Å²) in [6.45, 7) is 1.64. The number of hydrogen-bond donors (Lipinski definition) is 3. The predicted molar refractivity (Wildman–Crippen MR) is 104 cm³/mol. The third kappa shape index (κ3) is 3.88. The number of likely N-dealkylation sites (tertiary alicyclic amines) is 1. The van der Waals surface area contributed by atoms with Crippen LogP contribution in [-0.4, -0.2) is 51.0 Å². The van der Waals surface area contributed by atoms with Crippen molar-refractivity contribution in [3.05, 3.63) is 35.5 Å². The first-order valence-corrected chi connectivity index (χ1v) is 9.57. The molecule has 1 aromatic heterocycles. The van der Waals surface area contributed by atoms with Crippen LogP contribution in [0.25, 0.3) is 0 Å². The number of hydrogen-bond acceptors (Lipinski definition) is 7. The Bertz CT molecular complexity index is 874. The van der Waals surface area contributed by atoms with E-state index >= 15 is 0 Å². The second-order valence-electron chi connectivity index (χ2n) is 7.17. The van der Waals surface area contributed by atoms with Gasteiger partial charge in [-0.1, -0.05) is 0 Å².